The molecule has 3 aromatic carbocycles. The van der Waals surface area contributed by atoms with Crippen LogP contribution in [0.3, 0.4) is 0 Å². The second-order valence-corrected chi connectivity index (χ2v) is 10.0. The van der Waals surface area contributed by atoms with Crippen LogP contribution in [-0.4, -0.2) is 22.4 Å². The molecule has 0 unspecified atom stereocenters. The Morgan fingerprint density at radius 1 is 1.17 bits per heavy atom. The van der Waals surface area contributed by atoms with E-state index in [2.05, 4.69) is 31.3 Å². The molecule has 0 saturated heterocycles. The van der Waals surface area contributed by atoms with Crippen molar-refractivity contribution in [2.45, 2.75) is 31.3 Å². The van der Waals surface area contributed by atoms with Gasteiger partial charge in [-0.1, -0.05) is 35.9 Å². The zero-order valence-electron chi connectivity index (χ0n) is 22.6. The van der Waals surface area contributed by atoms with E-state index in [0.717, 1.165) is 18.9 Å². The van der Waals surface area contributed by atoms with Crippen molar-refractivity contribution in [1.29, 1.82) is 5.26 Å². The van der Waals surface area contributed by atoms with Gasteiger partial charge in [0.25, 0.3) is 0 Å². The largest absolute Gasteiger partial charge is 0.573 e. The number of pyridine rings is 1. The first kappa shape index (κ1) is 26.2. The Morgan fingerprint density at radius 3 is 2.64 bits per heavy atom. The molecule has 1 aliphatic heterocycles. The van der Waals surface area contributed by atoms with Crippen molar-refractivity contribution in [3.8, 4) is 11.8 Å². The molecule has 1 aliphatic carbocycles. The smallest absolute Gasteiger partial charge is 0.404 e. The van der Waals surface area contributed by atoms with E-state index in [9.17, 15) is 24.2 Å². The molecule has 8 nitrogen and oxygen atoms in total. The van der Waals surface area contributed by atoms with Gasteiger partial charge in [-0.3, -0.25) is 9.99 Å². The third-order valence-electron chi connectivity index (χ3n) is 6.62. The lowest BCUT2D eigenvalue weighted by atomic mass is 10.0. The molecule has 1 atom stereocenters. The van der Waals surface area contributed by atoms with Crippen LogP contribution in [0.5, 0.6) is 5.75 Å². The lowest BCUT2D eigenvalue weighted by molar-refractivity contribution is -0.274. The first-order valence-electron chi connectivity index (χ1n) is 13.2. The van der Waals surface area contributed by atoms with Gasteiger partial charge in [-0.15, -0.1) is 18.7 Å². The number of nitrogens with one attached hydrogen (secondary N) is 4. The van der Waals surface area contributed by atoms with Crippen LogP contribution in [0.1, 0.15) is 31.4 Å². The molecule has 42 heavy (non-hydrogen) atoms. The van der Waals surface area contributed by atoms with Crippen molar-refractivity contribution < 1.29 is 23.7 Å². The number of rotatable bonds is 8. The normalized spacial score (nSPS) is 16.6. The van der Waals surface area contributed by atoms with Crippen molar-refractivity contribution >= 4 is 39.6 Å². The van der Waals surface area contributed by atoms with E-state index >= 15 is 0 Å². The van der Waals surface area contributed by atoms with Crippen molar-refractivity contribution in [3.63, 3.8) is 0 Å². The van der Waals surface area contributed by atoms with E-state index in [1.807, 2.05) is 11.1 Å². The van der Waals surface area contributed by atoms with Crippen LogP contribution in [0.25, 0.3) is 10.9 Å². The van der Waals surface area contributed by atoms with Crippen LogP contribution in [-0.2, 0) is 0 Å². The van der Waals surface area contributed by atoms with E-state index in [1.165, 1.54) is 48.7 Å². The summed E-state index contributed by atoms with van der Waals surface area (Å²) in [5, 5.41) is 18.2. The molecule has 2 heterocycles. The van der Waals surface area contributed by atoms with Gasteiger partial charge in [-0.2, -0.15) is 5.26 Å². The Hall–Kier alpha value is -4.73. The summed E-state index contributed by atoms with van der Waals surface area (Å²) in [6.45, 7) is 0. The predicted molar refractivity (Wildman–Crippen MR) is 150 cm³/mol. The summed E-state index contributed by atoms with van der Waals surface area (Å²) in [6, 6.07) is 14.6. The zero-order chi connectivity index (χ0) is 30.4. The molecule has 0 spiro atoms. The fourth-order valence-corrected chi connectivity index (χ4v) is 4.80. The number of aromatic nitrogens is 1. The molecule has 13 heteroatoms. The van der Waals surface area contributed by atoms with Crippen LogP contribution >= 0.6 is 11.6 Å². The Balaban J connectivity index is 1.45. The SMILES string of the molecule is [2H][C@](Nc1cc(Cl)c2ncc(C#N)c(Nc3ccccc3OC(F)(F)F)c2c1)(C1=CN(C2CC2)NN1)c1ccc(F)cc1. The summed E-state index contributed by atoms with van der Waals surface area (Å²) >= 11 is 6.63. The van der Waals surface area contributed by atoms with Gasteiger partial charge in [0.1, 0.15) is 11.9 Å². The highest BCUT2D eigenvalue weighted by Crippen LogP contribution is 2.39. The van der Waals surface area contributed by atoms with Gasteiger partial charge in [0.15, 0.2) is 5.75 Å². The minimum atomic E-state index is -4.94. The number of ether oxygens (including phenoxy) is 1. The number of anilines is 3. The number of alkyl halides is 3. The molecule has 1 aromatic heterocycles. The van der Waals surface area contributed by atoms with Gasteiger partial charge >= 0.3 is 6.36 Å². The Morgan fingerprint density at radius 2 is 1.93 bits per heavy atom. The first-order chi connectivity index (χ1) is 20.5. The molecular weight excluding hydrogens is 574 g/mol. The summed E-state index contributed by atoms with van der Waals surface area (Å²) in [4.78, 5) is 4.29. The molecule has 214 valence electrons. The van der Waals surface area contributed by atoms with Crippen molar-refractivity contribution in [3.05, 3.63) is 101 Å². The van der Waals surface area contributed by atoms with Gasteiger partial charge in [0, 0.05) is 29.5 Å². The Bertz CT molecular complexity index is 1780. The number of benzene rings is 3. The monoisotopic (exact) mass is 596 g/mol. The predicted octanol–water partition coefficient (Wildman–Crippen LogP) is 7.02. The molecule has 6 rings (SSSR count). The molecule has 0 radical (unpaired) electrons. The highest BCUT2D eigenvalue weighted by molar-refractivity contribution is 6.36. The van der Waals surface area contributed by atoms with Crippen LogP contribution in [0.2, 0.25) is 5.02 Å². The summed E-state index contributed by atoms with van der Waals surface area (Å²) in [7, 11) is 0. The first-order valence-corrected chi connectivity index (χ1v) is 13.1. The van der Waals surface area contributed by atoms with Gasteiger partial charge in [0.05, 0.1) is 40.6 Å². The number of hydrazine groups is 2. The fourth-order valence-electron chi connectivity index (χ4n) is 4.53. The van der Waals surface area contributed by atoms with Crippen molar-refractivity contribution in [2.24, 2.45) is 0 Å². The summed E-state index contributed by atoms with van der Waals surface area (Å²) in [5.41, 5.74) is 7.59. The van der Waals surface area contributed by atoms with E-state index in [4.69, 9.17) is 11.6 Å². The standard InChI is InChI=1S/C29H22ClF4N7O/c30-22-12-19(37-27(16-5-7-18(31)8-6-16)24-15-41(40-39-24)20-9-10-20)11-21-26(17(13-35)14-36-28(21)22)38-23-3-1-2-4-25(23)42-29(32,33)34/h1-8,11-12,14-15,20,27,37,39-40H,9-10H2,(H,36,38)/t27-/m1/s1/i27D. The Labute approximate surface area is 243 Å². The number of halogens is 5. The lowest BCUT2D eigenvalue weighted by Crippen LogP contribution is -2.38. The van der Waals surface area contributed by atoms with Gasteiger partial charge < -0.3 is 20.8 Å². The molecule has 0 amide bonds. The number of hydrogen-bond donors (Lipinski definition) is 4. The van der Waals surface area contributed by atoms with E-state index in [0.29, 0.717) is 22.3 Å². The highest BCUT2D eigenvalue weighted by atomic mass is 35.5. The van der Waals surface area contributed by atoms with Gasteiger partial charge in [-0.25, -0.2) is 4.39 Å². The quantitative estimate of drug-likeness (QED) is 0.161. The molecular formula is C29H22ClF4N7O. The molecule has 4 N–H and O–H groups in total. The minimum absolute atomic E-state index is 0.0302. The van der Waals surface area contributed by atoms with Gasteiger partial charge in [0.2, 0.25) is 0 Å². The number of nitriles is 1. The van der Waals surface area contributed by atoms with Crippen molar-refractivity contribution in [1.82, 2.24) is 21.0 Å². The average Bonchev–Trinajstić information content (AvgIpc) is 3.69. The van der Waals surface area contributed by atoms with Gasteiger partial charge in [-0.05, 0) is 54.8 Å². The molecule has 1 saturated carbocycles. The van der Waals surface area contributed by atoms with E-state index in [-0.39, 0.29) is 33.5 Å². The summed E-state index contributed by atoms with van der Waals surface area (Å²) in [6.07, 6.45) is 0.0736. The molecule has 1 fully saturated rings. The number of hydrogen-bond acceptors (Lipinski definition) is 8. The van der Waals surface area contributed by atoms with Crippen LogP contribution < -0.4 is 26.3 Å². The highest BCUT2D eigenvalue weighted by Gasteiger charge is 2.33. The van der Waals surface area contributed by atoms with Crippen LogP contribution in [0.15, 0.2) is 78.8 Å². The maximum Gasteiger partial charge on any atom is 0.573 e. The summed E-state index contributed by atoms with van der Waals surface area (Å²) < 4.78 is 66.8. The zero-order valence-corrected chi connectivity index (χ0v) is 22.3. The number of nitrogens with zero attached hydrogens (tertiary/aromatic N) is 3. The van der Waals surface area contributed by atoms with E-state index in [1.54, 1.807) is 18.3 Å². The second kappa shape index (κ2) is 10.9. The van der Waals surface area contributed by atoms with E-state index < -0.39 is 23.9 Å². The lowest BCUT2D eigenvalue weighted by Gasteiger charge is -2.22. The summed E-state index contributed by atoms with van der Waals surface area (Å²) in [5.74, 6) is -0.968. The minimum Gasteiger partial charge on any atom is -0.404 e. The maximum atomic E-state index is 13.8. The number of fused-ring (bicyclic) bond motifs is 1. The molecule has 2 aliphatic rings. The average molecular weight is 597 g/mol. The van der Waals surface area contributed by atoms with Crippen LogP contribution in [0, 0.1) is 17.1 Å². The molecule has 4 aromatic rings. The topological polar surface area (TPSA) is 97.3 Å². The third-order valence-corrected chi connectivity index (χ3v) is 6.91. The Kier molecular flexibility index (Phi) is 6.81. The van der Waals surface area contributed by atoms with Crippen molar-refractivity contribution in [2.75, 3.05) is 10.6 Å². The number of para-hydroxylation sites is 2. The molecule has 0 bridgehead atoms. The maximum absolute atomic E-state index is 13.8. The second-order valence-electron chi connectivity index (χ2n) is 9.61. The third kappa shape index (κ3) is 5.83. The fraction of sp³-hybridized carbons (Fsp3) is 0.172. The van der Waals surface area contributed by atoms with Crippen LogP contribution in [0.4, 0.5) is 34.6 Å².